The summed E-state index contributed by atoms with van der Waals surface area (Å²) in [5, 5.41) is 3.38. The maximum absolute atomic E-state index is 12.6. The van der Waals surface area contributed by atoms with Crippen molar-refractivity contribution in [3.8, 4) is 0 Å². The molecule has 2 aromatic rings. The van der Waals surface area contributed by atoms with E-state index in [2.05, 4.69) is 10.2 Å². The number of halogens is 1. The number of para-hydroxylation sites is 1. The van der Waals surface area contributed by atoms with Gasteiger partial charge in [-0.2, -0.15) is 4.31 Å². The van der Waals surface area contributed by atoms with Gasteiger partial charge in [-0.3, -0.25) is 4.79 Å². The minimum Gasteiger partial charge on any atom is -0.368 e. The Kier molecular flexibility index (Phi) is 8.44. The lowest BCUT2D eigenvalue weighted by Crippen LogP contribution is -2.50. The molecule has 1 heterocycles. The summed E-state index contributed by atoms with van der Waals surface area (Å²) >= 11 is 7.75. The van der Waals surface area contributed by atoms with Gasteiger partial charge in [0.1, 0.15) is 0 Å². The van der Waals surface area contributed by atoms with Gasteiger partial charge in [0.2, 0.25) is 15.9 Å². The van der Waals surface area contributed by atoms with Crippen molar-refractivity contribution in [3.05, 3.63) is 65.2 Å². The fourth-order valence-electron chi connectivity index (χ4n) is 3.25. The summed E-state index contributed by atoms with van der Waals surface area (Å²) in [5.74, 6) is 0.830. The summed E-state index contributed by atoms with van der Waals surface area (Å²) in [4.78, 5) is 14.1. The zero-order valence-electron chi connectivity index (χ0n) is 16.7. The van der Waals surface area contributed by atoms with E-state index in [0.717, 1.165) is 17.0 Å². The van der Waals surface area contributed by atoms with Gasteiger partial charge in [-0.25, -0.2) is 8.42 Å². The number of hydrogen-bond acceptors (Lipinski definition) is 5. The van der Waals surface area contributed by atoms with Crippen LogP contribution in [0.1, 0.15) is 5.56 Å². The third kappa shape index (κ3) is 6.63. The Hall–Kier alpha value is -1.74. The van der Waals surface area contributed by atoms with Crippen molar-refractivity contribution in [2.75, 3.05) is 49.1 Å². The molecule has 1 N–H and O–H groups in total. The van der Waals surface area contributed by atoms with Gasteiger partial charge in [-0.05, 0) is 17.7 Å². The van der Waals surface area contributed by atoms with Crippen LogP contribution in [0, 0.1) is 0 Å². The molecule has 0 atom stereocenters. The number of piperazine rings is 1. The maximum Gasteiger partial charge on any atom is 0.230 e. The first-order valence-electron chi connectivity index (χ1n) is 9.81. The van der Waals surface area contributed by atoms with Gasteiger partial charge in [0.05, 0.1) is 22.2 Å². The van der Waals surface area contributed by atoms with Crippen molar-refractivity contribution in [1.82, 2.24) is 9.62 Å². The molecule has 30 heavy (non-hydrogen) atoms. The van der Waals surface area contributed by atoms with Crippen LogP contribution in [0.5, 0.6) is 0 Å². The van der Waals surface area contributed by atoms with Crippen LogP contribution >= 0.6 is 23.4 Å². The normalized spacial score (nSPS) is 15.2. The molecule has 1 fully saturated rings. The number of nitrogens with one attached hydrogen (secondary N) is 1. The van der Waals surface area contributed by atoms with Crippen LogP contribution in [0.15, 0.2) is 54.6 Å². The Morgan fingerprint density at radius 1 is 1.00 bits per heavy atom. The molecule has 0 spiro atoms. The lowest BCUT2D eigenvalue weighted by atomic mass is 10.2. The van der Waals surface area contributed by atoms with Gasteiger partial charge in [0.25, 0.3) is 0 Å². The average Bonchev–Trinajstić information content (AvgIpc) is 2.75. The van der Waals surface area contributed by atoms with Crippen LogP contribution in [-0.2, 0) is 20.6 Å². The van der Waals surface area contributed by atoms with E-state index in [0.29, 0.717) is 37.0 Å². The average molecular weight is 468 g/mol. The number of amides is 1. The van der Waals surface area contributed by atoms with E-state index in [9.17, 15) is 13.2 Å². The third-order valence-corrected chi connectivity index (χ3v) is 8.05. The summed E-state index contributed by atoms with van der Waals surface area (Å²) in [6.45, 7) is 2.12. The van der Waals surface area contributed by atoms with Gasteiger partial charge in [0.15, 0.2) is 0 Å². The SMILES string of the molecule is O=C(CSCc1ccccc1)NCCS(=O)(=O)N1CCN(c2ccccc2Cl)CC1. The van der Waals surface area contributed by atoms with Gasteiger partial charge in [-0.1, -0.05) is 54.1 Å². The molecule has 1 aliphatic heterocycles. The Morgan fingerprint density at radius 3 is 2.37 bits per heavy atom. The Bertz CT molecular complexity index is 934. The second kappa shape index (κ2) is 11.0. The number of carbonyl (C=O) groups excluding carboxylic acids is 1. The minimum atomic E-state index is -3.41. The summed E-state index contributed by atoms with van der Waals surface area (Å²) in [5.41, 5.74) is 2.09. The van der Waals surface area contributed by atoms with E-state index in [4.69, 9.17) is 11.6 Å². The highest BCUT2D eigenvalue weighted by atomic mass is 35.5. The molecule has 0 aromatic heterocycles. The van der Waals surface area contributed by atoms with E-state index >= 15 is 0 Å². The number of benzene rings is 2. The number of sulfonamides is 1. The maximum atomic E-state index is 12.6. The summed E-state index contributed by atoms with van der Waals surface area (Å²) < 4.78 is 26.7. The third-order valence-electron chi connectivity index (χ3n) is 4.85. The minimum absolute atomic E-state index is 0.0891. The summed E-state index contributed by atoms with van der Waals surface area (Å²) in [7, 11) is -3.41. The van der Waals surface area contributed by atoms with Crippen molar-refractivity contribution < 1.29 is 13.2 Å². The highest BCUT2D eigenvalue weighted by Crippen LogP contribution is 2.26. The fraction of sp³-hybridized carbons (Fsp3) is 0.381. The molecule has 1 saturated heterocycles. The van der Waals surface area contributed by atoms with E-state index in [-0.39, 0.29) is 18.2 Å². The summed E-state index contributed by atoms with van der Waals surface area (Å²) in [6, 6.07) is 17.5. The van der Waals surface area contributed by atoms with Crippen LogP contribution in [0.3, 0.4) is 0 Å². The van der Waals surface area contributed by atoms with Crippen molar-refractivity contribution in [2.24, 2.45) is 0 Å². The molecule has 2 aromatic carbocycles. The van der Waals surface area contributed by atoms with Crippen LogP contribution < -0.4 is 10.2 Å². The second-order valence-corrected chi connectivity index (χ2v) is 10.5. The molecule has 0 aliphatic carbocycles. The standard InChI is InChI=1S/C21H26ClN3O3S2/c22-19-8-4-5-9-20(19)24-11-13-25(14-12-24)30(27,28)15-10-23-21(26)17-29-16-18-6-2-1-3-7-18/h1-9H,10-17H2,(H,23,26). The second-order valence-electron chi connectivity index (χ2n) is 6.98. The number of anilines is 1. The zero-order valence-corrected chi connectivity index (χ0v) is 19.1. The first kappa shape index (κ1) is 22.9. The Morgan fingerprint density at radius 2 is 1.67 bits per heavy atom. The van der Waals surface area contributed by atoms with Crippen LogP contribution in [0.2, 0.25) is 5.02 Å². The molecular formula is C21H26ClN3O3S2. The summed E-state index contributed by atoms with van der Waals surface area (Å²) in [6.07, 6.45) is 0. The molecule has 1 aliphatic rings. The predicted octanol–water partition coefficient (Wildman–Crippen LogP) is 2.84. The smallest absolute Gasteiger partial charge is 0.230 e. The number of nitrogens with zero attached hydrogens (tertiary/aromatic N) is 2. The van der Waals surface area contributed by atoms with E-state index in [1.807, 2.05) is 54.6 Å². The molecule has 3 rings (SSSR count). The monoisotopic (exact) mass is 467 g/mol. The Balaban J connectivity index is 1.37. The van der Waals surface area contributed by atoms with Crippen molar-refractivity contribution in [3.63, 3.8) is 0 Å². The molecule has 162 valence electrons. The van der Waals surface area contributed by atoms with E-state index < -0.39 is 10.0 Å². The quantitative estimate of drug-likeness (QED) is 0.614. The highest BCUT2D eigenvalue weighted by molar-refractivity contribution is 7.99. The molecule has 0 unspecified atom stereocenters. The molecule has 0 bridgehead atoms. The molecule has 0 saturated carbocycles. The molecular weight excluding hydrogens is 442 g/mol. The van der Waals surface area contributed by atoms with Gasteiger partial charge >= 0.3 is 0 Å². The van der Waals surface area contributed by atoms with Crippen molar-refractivity contribution in [1.29, 1.82) is 0 Å². The van der Waals surface area contributed by atoms with Crippen molar-refractivity contribution in [2.45, 2.75) is 5.75 Å². The van der Waals surface area contributed by atoms with E-state index in [1.165, 1.54) is 16.1 Å². The zero-order chi connectivity index (χ0) is 21.4. The van der Waals surface area contributed by atoms with Gasteiger partial charge in [-0.15, -0.1) is 11.8 Å². The molecule has 0 radical (unpaired) electrons. The van der Waals surface area contributed by atoms with Gasteiger partial charge < -0.3 is 10.2 Å². The highest BCUT2D eigenvalue weighted by Gasteiger charge is 2.27. The number of thioether (sulfide) groups is 1. The fourth-order valence-corrected chi connectivity index (χ4v) is 5.66. The first-order chi connectivity index (χ1) is 14.5. The van der Waals surface area contributed by atoms with Crippen molar-refractivity contribution >= 4 is 45.0 Å². The lowest BCUT2D eigenvalue weighted by molar-refractivity contribution is -0.118. The molecule has 9 heteroatoms. The van der Waals surface area contributed by atoms with Gasteiger partial charge in [0, 0.05) is 38.5 Å². The first-order valence-corrected chi connectivity index (χ1v) is 13.0. The number of hydrogen-bond donors (Lipinski definition) is 1. The molecule has 6 nitrogen and oxygen atoms in total. The van der Waals surface area contributed by atoms with E-state index in [1.54, 1.807) is 0 Å². The number of carbonyl (C=O) groups is 1. The lowest BCUT2D eigenvalue weighted by Gasteiger charge is -2.35. The van der Waals surface area contributed by atoms with Crippen LogP contribution in [0.25, 0.3) is 0 Å². The topological polar surface area (TPSA) is 69.7 Å². The predicted molar refractivity (Wildman–Crippen MR) is 125 cm³/mol. The largest absolute Gasteiger partial charge is 0.368 e. The number of rotatable bonds is 9. The Labute approximate surface area is 187 Å². The van der Waals surface area contributed by atoms with Crippen LogP contribution in [-0.4, -0.2) is 62.9 Å². The molecule has 1 amide bonds. The van der Waals surface area contributed by atoms with Crippen LogP contribution in [0.4, 0.5) is 5.69 Å².